The zero-order valence-electron chi connectivity index (χ0n) is 20.6. The molecule has 2 aromatic rings. The molecule has 7 heteroatoms. The standard InChI is InChI=1S/C29H33N3O4/c1-2-30-27(34)25(19-21-11-5-3-6-12-21)32(20-22-13-7-4-8-14-22)26(33)17-18-31-28(35)23-15-9-10-16-24(23)29(31)36/h3-14,23-25H,2,15-20H2,1H3,(H,30,34)/t23-,24+,25-/m1/s1. The van der Waals surface area contributed by atoms with Gasteiger partial charge in [-0.15, -0.1) is 0 Å². The molecule has 2 aliphatic rings. The molecule has 4 amide bonds. The molecule has 0 spiro atoms. The molecule has 1 N–H and O–H groups in total. The zero-order valence-corrected chi connectivity index (χ0v) is 20.6. The monoisotopic (exact) mass is 487 g/mol. The maximum atomic E-state index is 13.7. The molecule has 1 aliphatic carbocycles. The van der Waals surface area contributed by atoms with E-state index in [1.165, 1.54) is 4.90 Å². The van der Waals surface area contributed by atoms with Gasteiger partial charge in [-0.25, -0.2) is 0 Å². The van der Waals surface area contributed by atoms with Crippen molar-refractivity contribution in [1.29, 1.82) is 0 Å². The van der Waals surface area contributed by atoms with Crippen LogP contribution in [0, 0.1) is 11.8 Å². The van der Waals surface area contributed by atoms with Crippen molar-refractivity contribution in [3.05, 3.63) is 83.9 Å². The van der Waals surface area contributed by atoms with Crippen LogP contribution in [0.25, 0.3) is 0 Å². The number of hydrogen-bond acceptors (Lipinski definition) is 4. The van der Waals surface area contributed by atoms with Crippen LogP contribution in [-0.2, 0) is 32.1 Å². The number of rotatable bonds is 10. The summed E-state index contributed by atoms with van der Waals surface area (Å²) in [6, 6.07) is 18.4. The average molecular weight is 488 g/mol. The molecule has 4 rings (SSSR count). The van der Waals surface area contributed by atoms with E-state index in [-0.39, 0.29) is 55.0 Å². The molecular weight excluding hydrogens is 454 g/mol. The number of fused-ring (bicyclic) bond motifs is 1. The lowest BCUT2D eigenvalue weighted by Gasteiger charge is -2.32. The van der Waals surface area contributed by atoms with Crippen LogP contribution in [0.5, 0.6) is 0 Å². The van der Waals surface area contributed by atoms with Crippen LogP contribution < -0.4 is 5.32 Å². The maximum absolute atomic E-state index is 13.7. The predicted octanol–water partition coefficient (Wildman–Crippen LogP) is 3.10. The van der Waals surface area contributed by atoms with Gasteiger partial charge in [-0.1, -0.05) is 72.8 Å². The maximum Gasteiger partial charge on any atom is 0.243 e. The highest BCUT2D eigenvalue weighted by Crippen LogP contribution is 2.35. The molecule has 2 aromatic carbocycles. The van der Waals surface area contributed by atoms with Crippen LogP contribution in [0.15, 0.2) is 72.8 Å². The van der Waals surface area contributed by atoms with E-state index in [0.717, 1.165) is 11.1 Å². The summed E-state index contributed by atoms with van der Waals surface area (Å²) in [6.45, 7) is 2.58. The molecule has 1 saturated heterocycles. The van der Waals surface area contributed by atoms with Gasteiger partial charge < -0.3 is 10.2 Å². The van der Waals surface area contributed by atoms with Crippen molar-refractivity contribution in [2.45, 2.75) is 45.2 Å². The van der Waals surface area contributed by atoms with Gasteiger partial charge in [0.2, 0.25) is 23.6 Å². The van der Waals surface area contributed by atoms with Gasteiger partial charge in [0.05, 0.1) is 11.8 Å². The molecule has 7 nitrogen and oxygen atoms in total. The molecule has 0 unspecified atom stereocenters. The van der Waals surface area contributed by atoms with E-state index < -0.39 is 6.04 Å². The number of likely N-dealkylation sites (tertiary alicyclic amines) is 1. The second-order valence-electron chi connectivity index (χ2n) is 9.34. The number of nitrogens with one attached hydrogen (secondary N) is 1. The number of allylic oxidation sites excluding steroid dienone is 2. The van der Waals surface area contributed by atoms with Crippen LogP contribution in [-0.4, -0.2) is 52.6 Å². The Morgan fingerprint density at radius 2 is 1.47 bits per heavy atom. The van der Waals surface area contributed by atoms with Crippen molar-refractivity contribution in [2.75, 3.05) is 13.1 Å². The summed E-state index contributed by atoms with van der Waals surface area (Å²) < 4.78 is 0. The first-order valence-electron chi connectivity index (χ1n) is 12.6. The van der Waals surface area contributed by atoms with Gasteiger partial charge in [0.15, 0.2) is 0 Å². The Morgan fingerprint density at radius 1 is 0.917 bits per heavy atom. The fourth-order valence-electron chi connectivity index (χ4n) is 5.07. The van der Waals surface area contributed by atoms with Crippen molar-refractivity contribution < 1.29 is 19.2 Å². The summed E-state index contributed by atoms with van der Waals surface area (Å²) in [5.74, 6) is -1.52. The van der Waals surface area contributed by atoms with Crippen molar-refractivity contribution in [2.24, 2.45) is 11.8 Å². The summed E-state index contributed by atoms with van der Waals surface area (Å²) in [4.78, 5) is 55.4. The van der Waals surface area contributed by atoms with Gasteiger partial charge in [-0.3, -0.25) is 24.1 Å². The third-order valence-corrected chi connectivity index (χ3v) is 6.97. The Bertz CT molecular complexity index is 1090. The summed E-state index contributed by atoms with van der Waals surface area (Å²) in [7, 11) is 0. The lowest BCUT2D eigenvalue weighted by Crippen LogP contribution is -2.51. The first-order valence-corrected chi connectivity index (χ1v) is 12.6. The van der Waals surface area contributed by atoms with Crippen LogP contribution in [0.1, 0.15) is 37.3 Å². The molecule has 0 radical (unpaired) electrons. The van der Waals surface area contributed by atoms with E-state index in [9.17, 15) is 19.2 Å². The number of benzene rings is 2. The normalized spacial score (nSPS) is 19.6. The van der Waals surface area contributed by atoms with Gasteiger partial charge in [-0.2, -0.15) is 0 Å². The number of carbonyl (C=O) groups is 4. The van der Waals surface area contributed by atoms with Gasteiger partial charge >= 0.3 is 0 Å². The Balaban J connectivity index is 1.55. The Hall–Kier alpha value is -3.74. The Labute approximate surface area is 212 Å². The van der Waals surface area contributed by atoms with Gasteiger partial charge in [-0.05, 0) is 30.9 Å². The fraction of sp³-hybridized carbons (Fsp3) is 0.379. The first-order chi connectivity index (χ1) is 17.5. The molecule has 1 heterocycles. The average Bonchev–Trinajstić information content (AvgIpc) is 3.15. The van der Waals surface area contributed by atoms with Crippen molar-refractivity contribution in [3.8, 4) is 0 Å². The van der Waals surface area contributed by atoms with Crippen molar-refractivity contribution in [1.82, 2.24) is 15.1 Å². The minimum Gasteiger partial charge on any atom is -0.355 e. The number of amides is 4. The van der Waals surface area contributed by atoms with Gasteiger partial charge in [0.1, 0.15) is 6.04 Å². The Kier molecular flexibility index (Phi) is 8.31. The third-order valence-electron chi connectivity index (χ3n) is 6.97. The molecule has 36 heavy (non-hydrogen) atoms. The molecular formula is C29H33N3O4. The second-order valence-corrected chi connectivity index (χ2v) is 9.34. The number of carbonyl (C=O) groups excluding carboxylic acids is 4. The summed E-state index contributed by atoms with van der Waals surface area (Å²) >= 11 is 0. The topological polar surface area (TPSA) is 86.8 Å². The first kappa shape index (κ1) is 25.4. The van der Waals surface area contributed by atoms with E-state index >= 15 is 0 Å². The SMILES string of the molecule is CCNC(=O)[C@@H](Cc1ccccc1)N(Cc1ccccc1)C(=O)CCN1C(=O)[C@H]2CC=CC[C@H]2C1=O. The summed E-state index contributed by atoms with van der Waals surface area (Å²) in [5, 5.41) is 2.87. The second kappa shape index (κ2) is 11.8. The van der Waals surface area contributed by atoms with E-state index in [0.29, 0.717) is 25.8 Å². The highest BCUT2D eigenvalue weighted by molar-refractivity contribution is 6.05. The lowest BCUT2D eigenvalue weighted by molar-refractivity contribution is -0.144. The van der Waals surface area contributed by atoms with Crippen LogP contribution in [0.2, 0.25) is 0 Å². The molecule has 3 atom stereocenters. The zero-order chi connectivity index (χ0) is 25.5. The molecule has 188 valence electrons. The quantitative estimate of drug-likeness (QED) is 0.412. The Morgan fingerprint density at radius 3 is 2.03 bits per heavy atom. The molecule has 0 aromatic heterocycles. The highest BCUT2D eigenvalue weighted by atomic mass is 16.2. The molecule has 1 fully saturated rings. The van der Waals surface area contributed by atoms with Crippen LogP contribution in [0.4, 0.5) is 0 Å². The van der Waals surface area contributed by atoms with Gasteiger partial charge in [0.25, 0.3) is 0 Å². The van der Waals surface area contributed by atoms with Crippen molar-refractivity contribution in [3.63, 3.8) is 0 Å². The summed E-state index contributed by atoms with van der Waals surface area (Å²) in [5.41, 5.74) is 1.85. The minimum absolute atomic E-state index is 0.0259. The largest absolute Gasteiger partial charge is 0.355 e. The van der Waals surface area contributed by atoms with E-state index in [2.05, 4.69) is 5.32 Å². The molecule has 0 bridgehead atoms. The number of imide groups is 1. The van der Waals surface area contributed by atoms with E-state index in [1.54, 1.807) is 4.90 Å². The molecule has 1 aliphatic heterocycles. The number of likely N-dealkylation sites (N-methyl/N-ethyl adjacent to an activating group) is 1. The predicted molar refractivity (Wildman–Crippen MR) is 136 cm³/mol. The van der Waals surface area contributed by atoms with E-state index in [4.69, 9.17) is 0 Å². The number of nitrogens with zero attached hydrogens (tertiary/aromatic N) is 2. The number of hydrogen-bond donors (Lipinski definition) is 1. The van der Waals surface area contributed by atoms with Gasteiger partial charge in [0, 0.05) is 32.5 Å². The van der Waals surface area contributed by atoms with E-state index in [1.807, 2.05) is 79.7 Å². The summed E-state index contributed by atoms with van der Waals surface area (Å²) in [6.07, 6.45) is 5.36. The smallest absolute Gasteiger partial charge is 0.243 e. The fourth-order valence-corrected chi connectivity index (χ4v) is 5.07. The van der Waals surface area contributed by atoms with Crippen LogP contribution in [0.3, 0.4) is 0 Å². The third kappa shape index (κ3) is 5.73. The highest BCUT2D eigenvalue weighted by Gasteiger charge is 2.47. The van der Waals surface area contributed by atoms with Crippen molar-refractivity contribution >= 4 is 23.6 Å². The minimum atomic E-state index is -0.725. The molecule has 0 saturated carbocycles. The lowest BCUT2D eigenvalue weighted by atomic mass is 9.85. The van der Waals surface area contributed by atoms with Crippen LogP contribution >= 0.6 is 0 Å².